The molecule has 1 aliphatic carbocycles. The fourth-order valence-electron chi connectivity index (χ4n) is 3.44. The number of amides is 1. The summed E-state index contributed by atoms with van der Waals surface area (Å²) >= 11 is 12.0. The van der Waals surface area contributed by atoms with Crippen LogP contribution >= 0.6 is 23.2 Å². The van der Waals surface area contributed by atoms with Crippen molar-refractivity contribution in [2.75, 3.05) is 20.2 Å². The lowest BCUT2D eigenvalue weighted by atomic mass is 9.90. The van der Waals surface area contributed by atoms with Crippen molar-refractivity contribution in [3.05, 3.63) is 27.7 Å². The minimum atomic E-state index is -0.726. The van der Waals surface area contributed by atoms with E-state index in [4.69, 9.17) is 33.0 Å². The average Bonchev–Trinajstić information content (AvgIpc) is 3.23. The van der Waals surface area contributed by atoms with Crippen molar-refractivity contribution in [1.82, 2.24) is 4.90 Å². The zero-order valence-electron chi connectivity index (χ0n) is 12.6. The first kappa shape index (κ1) is 16.4. The average molecular weight is 358 g/mol. The van der Waals surface area contributed by atoms with Crippen LogP contribution in [0.5, 0.6) is 5.75 Å². The molecule has 2 fully saturated rings. The number of carboxylic acids is 1. The maximum atomic E-state index is 12.7. The Morgan fingerprint density at radius 3 is 2.39 bits per heavy atom. The SMILES string of the molecule is COc1cc(Cl)c(Cl)cc1C(=O)N1CCC2(CC1)CC2C(=O)O. The number of piperidine rings is 1. The molecular weight excluding hydrogens is 341 g/mol. The van der Waals surface area contributed by atoms with Gasteiger partial charge >= 0.3 is 5.97 Å². The summed E-state index contributed by atoms with van der Waals surface area (Å²) in [5.74, 6) is -0.752. The highest BCUT2D eigenvalue weighted by molar-refractivity contribution is 6.42. The molecule has 3 rings (SSSR count). The van der Waals surface area contributed by atoms with Gasteiger partial charge in [-0.1, -0.05) is 23.2 Å². The summed E-state index contributed by atoms with van der Waals surface area (Å²) in [7, 11) is 1.48. The van der Waals surface area contributed by atoms with Crippen LogP contribution < -0.4 is 4.74 Å². The van der Waals surface area contributed by atoms with E-state index in [1.54, 1.807) is 4.90 Å². The topological polar surface area (TPSA) is 66.8 Å². The smallest absolute Gasteiger partial charge is 0.307 e. The molecule has 1 saturated carbocycles. The highest BCUT2D eigenvalue weighted by Gasteiger charge is 2.59. The summed E-state index contributed by atoms with van der Waals surface area (Å²) in [5, 5.41) is 9.76. The number of carbonyl (C=O) groups is 2. The standard InChI is InChI=1S/C16H17Cl2NO4/c1-23-13-7-12(18)11(17)6-9(13)14(20)19-4-2-16(3-5-19)8-10(16)15(21)22/h6-7,10H,2-5,8H2,1H3,(H,21,22). The first-order valence-corrected chi connectivity index (χ1v) is 8.19. The minimum Gasteiger partial charge on any atom is -0.496 e. The van der Waals surface area contributed by atoms with Crippen molar-refractivity contribution in [2.45, 2.75) is 19.3 Å². The predicted octanol–water partition coefficient (Wildman–Crippen LogP) is 3.33. The molecule has 1 saturated heterocycles. The maximum absolute atomic E-state index is 12.7. The number of likely N-dealkylation sites (tertiary alicyclic amines) is 1. The first-order chi connectivity index (χ1) is 10.9. The van der Waals surface area contributed by atoms with Gasteiger partial charge in [0, 0.05) is 19.2 Å². The number of rotatable bonds is 3. The summed E-state index contributed by atoms with van der Waals surface area (Å²) in [4.78, 5) is 25.5. The van der Waals surface area contributed by atoms with Gasteiger partial charge in [0.2, 0.25) is 0 Å². The van der Waals surface area contributed by atoms with Gasteiger partial charge < -0.3 is 14.7 Å². The number of halogens is 2. The first-order valence-electron chi connectivity index (χ1n) is 7.43. The number of hydrogen-bond acceptors (Lipinski definition) is 3. The van der Waals surface area contributed by atoms with E-state index in [0.29, 0.717) is 34.4 Å². The number of carboxylic acid groups (broad SMARTS) is 1. The second-order valence-electron chi connectivity index (χ2n) is 6.22. The van der Waals surface area contributed by atoms with Crippen molar-refractivity contribution in [2.24, 2.45) is 11.3 Å². The molecule has 1 amide bonds. The second-order valence-corrected chi connectivity index (χ2v) is 7.03. The van der Waals surface area contributed by atoms with Crippen LogP contribution in [-0.2, 0) is 4.79 Å². The van der Waals surface area contributed by atoms with Crippen LogP contribution in [0.25, 0.3) is 0 Å². The molecule has 0 aromatic heterocycles. The van der Waals surface area contributed by atoms with Gasteiger partial charge in [0.25, 0.3) is 5.91 Å². The third kappa shape index (κ3) is 2.88. The fourth-order valence-corrected chi connectivity index (χ4v) is 3.76. The Bertz CT molecular complexity index is 668. The third-order valence-corrected chi connectivity index (χ3v) is 5.73. The summed E-state index contributed by atoms with van der Waals surface area (Å²) in [6, 6.07) is 3.05. The van der Waals surface area contributed by atoms with Gasteiger partial charge in [0.1, 0.15) is 5.75 Å². The van der Waals surface area contributed by atoms with Crippen LogP contribution in [0.4, 0.5) is 0 Å². The predicted molar refractivity (Wildman–Crippen MR) is 86.3 cm³/mol. The Morgan fingerprint density at radius 1 is 1.26 bits per heavy atom. The highest BCUT2D eigenvalue weighted by Crippen LogP contribution is 2.59. The van der Waals surface area contributed by atoms with Crippen molar-refractivity contribution in [1.29, 1.82) is 0 Å². The Morgan fingerprint density at radius 2 is 1.87 bits per heavy atom. The third-order valence-electron chi connectivity index (χ3n) is 5.01. The van der Waals surface area contributed by atoms with E-state index in [2.05, 4.69) is 0 Å². The highest BCUT2D eigenvalue weighted by atomic mass is 35.5. The number of aliphatic carboxylic acids is 1. The van der Waals surface area contributed by atoms with E-state index >= 15 is 0 Å². The molecule has 1 aliphatic heterocycles. The number of methoxy groups -OCH3 is 1. The molecule has 7 heteroatoms. The lowest BCUT2D eigenvalue weighted by molar-refractivity contribution is -0.139. The molecule has 1 heterocycles. The molecule has 1 spiro atoms. The van der Waals surface area contributed by atoms with Gasteiger partial charge in [0.05, 0.1) is 28.6 Å². The van der Waals surface area contributed by atoms with E-state index < -0.39 is 5.97 Å². The molecule has 0 bridgehead atoms. The van der Waals surface area contributed by atoms with Crippen LogP contribution in [0.3, 0.4) is 0 Å². The molecule has 124 valence electrons. The lowest BCUT2D eigenvalue weighted by Crippen LogP contribution is -2.40. The molecule has 1 atom stereocenters. The number of benzene rings is 1. The largest absolute Gasteiger partial charge is 0.496 e. The normalized spacial score (nSPS) is 22.0. The Kier molecular flexibility index (Phi) is 4.19. The van der Waals surface area contributed by atoms with Gasteiger partial charge in [0.15, 0.2) is 0 Å². The van der Waals surface area contributed by atoms with Crippen molar-refractivity contribution < 1.29 is 19.4 Å². The maximum Gasteiger partial charge on any atom is 0.307 e. The number of nitrogens with zero attached hydrogens (tertiary/aromatic N) is 1. The molecule has 1 aromatic rings. The van der Waals surface area contributed by atoms with Crippen LogP contribution in [0.1, 0.15) is 29.6 Å². The Labute approximate surface area is 144 Å². The van der Waals surface area contributed by atoms with Crippen molar-refractivity contribution in [3.8, 4) is 5.75 Å². The number of carbonyl (C=O) groups excluding carboxylic acids is 1. The summed E-state index contributed by atoms with van der Waals surface area (Å²) in [5.41, 5.74) is 0.271. The summed E-state index contributed by atoms with van der Waals surface area (Å²) in [6.07, 6.45) is 2.17. The minimum absolute atomic E-state index is 0.107. The van der Waals surface area contributed by atoms with Gasteiger partial charge in [-0.2, -0.15) is 0 Å². The van der Waals surface area contributed by atoms with E-state index in [0.717, 1.165) is 19.3 Å². The summed E-state index contributed by atoms with van der Waals surface area (Å²) in [6.45, 7) is 1.10. The molecule has 2 aliphatic rings. The van der Waals surface area contributed by atoms with Gasteiger partial charge in [-0.05, 0) is 30.7 Å². The quantitative estimate of drug-likeness (QED) is 0.900. The lowest BCUT2D eigenvalue weighted by Gasteiger charge is -2.33. The molecule has 23 heavy (non-hydrogen) atoms. The molecule has 0 radical (unpaired) electrons. The fraction of sp³-hybridized carbons (Fsp3) is 0.500. The van der Waals surface area contributed by atoms with Crippen LogP contribution in [0, 0.1) is 11.3 Å². The molecule has 1 aromatic carbocycles. The van der Waals surface area contributed by atoms with Crippen LogP contribution in [0.15, 0.2) is 12.1 Å². The van der Waals surface area contributed by atoms with Crippen molar-refractivity contribution in [3.63, 3.8) is 0 Å². The van der Waals surface area contributed by atoms with Gasteiger partial charge in [-0.3, -0.25) is 9.59 Å². The zero-order chi connectivity index (χ0) is 16.8. The zero-order valence-corrected chi connectivity index (χ0v) is 14.2. The van der Waals surface area contributed by atoms with Gasteiger partial charge in [-0.15, -0.1) is 0 Å². The van der Waals surface area contributed by atoms with E-state index in [9.17, 15) is 9.59 Å². The monoisotopic (exact) mass is 357 g/mol. The van der Waals surface area contributed by atoms with Crippen LogP contribution in [0.2, 0.25) is 10.0 Å². The van der Waals surface area contributed by atoms with Crippen LogP contribution in [-0.4, -0.2) is 42.1 Å². The molecule has 1 N–H and O–H groups in total. The Balaban J connectivity index is 1.73. The van der Waals surface area contributed by atoms with E-state index in [1.807, 2.05) is 0 Å². The molecular formula is C16H17Cl2NO4. The Hall–Kier alpha value is -1.46. The molecule has 1 unspecified atom stereocenters. The van der Waals surface area contributed by atoms with Crippen molar-refractivity contribution >= 4 is 35.1 Å². The molecule has 5 nitrogen and oxygen atoms in total. The summed E-state index contributed by atoms with van der Waals surface area (Å²) < 4.78 is 5.23. The second kappa shape index (κ2) is 5.87. The van der Waals surface area contributed by atoms with E-state index in [1.165, 1.54) is 19.2 Å². The number of ether oxygens (including phenoxy) is 1. The number of hydrogen-bond donors (Lipinski definition) is 1. The van der Waals surface area contributed by atoms with E-state index in [-0.39, 0.29) is 17.2 Å². The van der Waals surface area contributed by atoms with Gasteiger partial charge in [-0.25, -0.2) is 0 Å².